The van der Waals surface area contributed by atoms with Gasteiger partial charge in [0.15, 0.2) is 0 Å². The molecular weight excluding hydrogens is 279 g/mol. The second kappa shape index (κ2) is 4.54. The lowest BCUT2D eigenvalue weighted by Gasteiger charge is -2.19. The summed E-state index contributed by atoms with van der Waals surface area (Å²) in [5.74, 6) is -0.811. The first-order valence-electron chi connectivity index (χ1n) is 4.51. The molecule has 0 aliphatic heterocycles. The Kier molecular flexibility index (Phi) is 3.79. The van der Waals surface area contributed by atoms with Crippen molar-refractivity contribution < 1.29 is 9.90 Å². The van der Waals surface area contributed by atoms with Crippen molar-refractivity contribution in [3.8, 4) is 0 Å². The van der Waals surface area contributed by atoms with Crippen molar-refractivity contribution in [1.29, 1.82) is 0 Å². The summed E-state index contributed by atoms with van der Waals surface area (Å²) in [6, 6.07) is 5.46. The Balaban J connectivity index is 3.00. The van der Waals surface area contributed by atoms with Gasteiger partial charge in [-0.05, 0) is 47.8 Å². The van der Waals surface area contributed by atoms with E-state index in [-0.39, 0.29) is 0 Å². The van der Waals surface area contributed by atoms with Gasteiger partial charge in [0.25, 0.3) is 0 Å². The zero-order valence-electron chi connectivity index (χ0n) is 8.55. The average molecular weight is 292 g/mol. The number of carboxylic acid groups (broad SMARTS) is 1. The number of hydrogen-bond donors (Lipinski definition) is 1. The van der Waals surface area contributed by atoms with Crippen molar-refractivity contribution in [2.75, 3.05) is 0 Å². The maximum atomic E-state index is 11.0. The van der Waals surface area contributed by atoms with E-state index in [1.165, 1.54) is 0 Å². The fraction of sp³-hybridized carbons (Fsp3) is 0.364. The molecule has 4 heteroatoms. The van der Waals surface area contributed by atoms with Crippen molar-refractivity contribution in [2.45, 2.75) is 20.3 Å². The van der Waals surface area contributed by atoms with Crippen LogP contribution >= 0.6 is 27.5 Å². The van der Waals surface area contributed by atoms with Crippen LogP contribution in [0.1, 0.15) is 19.4 Å². The summed E-state index contributed by atoms with van der Waals surface area (Å²) in [7, 11) is 0. The highest BCUT2D eigenvalue weighted by Gasteiger charge is 2.28. The van der Waals surface area contributed by atoms with Crippen LogP contribution in [-0.4, -0.2) is 11.1 Å². The maximum absolute atomic E-state index is 11.0. The van der Waals surface area contributed by atoms with Crippen LogP contribution in [0.4, 0.5) is 0 Å². The Labute approximate surface area is 102 Å². The molecule has 2 nitrogen and oxygen atoms in total. The van der Waals surface area contributed by atoms with E-state index in [1.807, 2.05) is 12.1 Å². The number of rotatable bonds is 3. The number of aliphatic carboxylic acids is 1. The van der Waals surface area contributed by atoms with Crippen LogP contribution in [-0.2, 0) is 11.2 Å². The van der Waals surface area contributed by atoms with Gasteiger partial charge in [-0.15, -0.1) is 0 Å². The van der Waals surface area contributed by atoms with Crippen LogP contribution in [0, 0.1) is 5.41 Å². The lowest BCUT2D eigenvalue weighted by molar-refractivity contribution is -0.146. The number of hydrogen-bond acceptors (Lipinski definition) is 1. The summed E-state index contributed by atoms with van der Waals surface area (Å²) in [6.07, 6.45) is 0.448. The molecule has 0 aliphatic rings. The quantitative estimate of drug-likeness (QED) is 0.921. The normalized spacial score (nSPS) is 11.5. The summed E-state index contributed by atoms with van der Waals surface area (Å²) in [5, 5.41) is 9.62. The van der Waals surface area contributed by atoms with Gasteiger partial charge < -0.3 is 5.11 Å². The molecule has 0 amide bonds. The summed E-state index contributed by atoms with van der Waals surface area (Å²) in [4.78, 5) is 11.0. The van der Waals surface area contributed by atoms with E-state index in [9.17, 15) is 4.79 Å². The predicted molar refractivity (Wildman–Crippen MR) is 64.3 cm³/mol. The molecule has 0 fully saturated rings. The average Bonchev–Trinajstić information content (AvgIpc) is 2.12. The van der Waals surface area contributed by atoms with Crippen LogP contribution in [0.5, 0.6) is 0 Å². The zero-order valence-corrected chi connectivity index (χ0v) is 10.9. The molecule has 0 aliphatic carbocycles. The standard InChI is InChI=1S/C11H12BrClO2/c1-11(2,10(14)15)6-7-4-3-5-8(13)9(7)12/h3-5H,6H2,1-2H3,(H,14,15). The highest BCUT2D eigenvalue weighted by atomic mass is 79.9. The largest absolute Gasteiger partial charge is 0.481 e. The van der Waals surface area contributed by atoms with Crippen molar-refractivity contribution in [1.82, 2.24) is 0 Å². The minimum absolute atomic E-state index is 0.448. The molecule has 0 aromatic heterocycles. The van der Waals surface area contributed by atoms with Crippen LogP contribution in [0.3, 0.4) is 0 Å². The molecule has 0 spiro atoms. The third kappa shape index (κ3) is 2.95. The molecular formula is C11H12BrClO2. The molecule has 1 N–H and O–H groups in total. The van der Waals surface area contributed by atoms with E-state index in [0.29, 0.717) is 11.4 Å². The molecule has 0 saturated carbocycles. The summed E-state index contributed by atoms with van der Waals surface area (Å²) in [6.45, 7) is 3.39. The molecule has 0 atom stereocenters. The van der Waals surface area contributed by atoms with Crippen LogP contribution in [0.2, 0.25) is 5.02 Å². The van der Waals surface area contributed by atoms with E-state index in [0.717, 1.165) is 10.0 Å². The van der Waals surface area contributed by atoms with Gasteiger partial charge in [0.05, 0.1) is 10.4 Å². The van der Waals surface area contributed by atoms with Gasteiger partial charge in [-0.25, -0.2) is 0 Å². The molecule has 0 heterocycles. The lowest BCUT2D eigenvalue weighted by atomic mass is 9.86. The third-order valence-corrected chi connectivity index (χ3v) is 3.72. The summed E-state index contributed by atoms with van der Waals surface area (Å²) in [5.41, 5.74) is 0.127. The number of halogens is 2. The van der Waals surface area contributed by atoms with E-state index >= 15 is 0 Å². The first kappa shape index (κ1) is 12.5. The Morgan fingerprint density at radius 2 is 2.13 bits per heavy atom. The van der Waals surface area contributed by atoms with Gasteiger partial charge in [0.2, 0.25) is 0 Å². The number of carbonyl (C=O) groups is 1. The molecule has 82 valence electrons. The van der Waals surface area contributed by atoms with Crippen molar-refractivity contribution >= 4 is 33.5 Å². The van der Waals surface area contributed by atoms with Gasteiger partial charge >= 0.3 is 5.97 Å². The first-order valence-corrected chi connectivity index (χ1v) is 5.68. The van der Waals surface area contributed by atoms with E-state index in [1.54, 1.807) is 19.9 Å². The lowest BCUT2D eigenvalue weighted by Crippen LogP contribution is -2.26. The maximum Gasteiger partial charge on any atom is 0.309 e. The fourth-order valence-electron chi connectivity index (χ4n) is 1.24. The van der Waals surface area contributed by atoms with Crippen molar-refractivity contribution in [3.05, 3.63) is 33.3 Å². The molecule has 1 aromatic rings. The van der Waals surface area contributed by atoms with Gasteiger partial charge in [0, 0.05) is 4.47 Å². The first-order chi connectivity index (χ1) is 6.84. The van der Waals surface area contributed by atoms with Crippen molar-refractivity contribution in [3.63, 3.8) is 0 Å². The zero-order chi connectivity index (χ0) is 11.6. The monoisotopic (exact) mass is 290 g/mol. The molecule has 1 aromatic carbocycles. The molecule has 0 saturated heterocycles. The van der Waals surface area contributed by atoms with Gasteiger partial charge in [-0.3, -0.25) is 4.79 Å². The van der Waals surface area contributed by atoms with Crippen molar-refractivity contribution in [2.24, 2.45) is 5.41 Å². The SMILES string of the molecule is CC(C)(Cc1cccc(Cl)c1Br)C(=O)O. The van der Waals surface area contributed by atoms with Crippen LogP contribution in [0.15, 0.2) is 22.7 Å². The predicted octanol–water partition coefficient (Wildman–Crippen LogP) is 3.76. The topological polar surface area (TPSA) is 37.3 Å². The van der Waals surface area contributed by atoms with Gasteiger partial charge in [-0.2, -0.15) is 0 Å². The van der Waals surface area contributed by atoms with Gasteiger partial charge in [-0.1, -0.05) is 23.7 Å². The van der Waals surface area contributed by atoms with Crippen LogP contribution in [0.25, 0.3) is 0 Å². The summed E-state index contributed by atoms with van der Waals surface area (Å²) < 4.78 is 0.779. The number of benzene rings is 1. The summed E-state index contributed by atoms with van der Waals surface area (Å²) >= 11 is 9.29. The fourth-order valence-corrected chi connectivity index (χ4v) is 1.84. The molecule has 0 radical (unpaired) electrons. The molecule has 15 heavy (non-hydrogen) atoms. The molecule has 0 bridgehead atoms. The van der Waals surface area contributed by atoms with E-state index in [4.69, 9.17) is 16.7 Å². The Hall–Kier alpha value is -0.540. The third-order valence-electron chi connectivity index (χ3n) is 2.24. The Bertz CT molecular complexity index is 388. The molecule has 1 rings (SSSR count). The van der Waals surface area contributed by atoms with Crippen LogP contribution < -0.4 is 0 Å². The number of carboxylic acids is 1. The smallest absolute Gasteiger partial charge is 0.309 e. The Morgan fingerprint density at radius 1 is 1.53 bits per heavy atom. The molecule has 0 unspecified atom stereocenters. The second-order valence-corrected chi connectivity index (χ2v) is 5.28. The highest BCUT2D eigenvalue weighted by Crippen LogP contribution is 2.31. The highest BCUT2D eigenvalue weighted by molar-refractivity contribution is 9.10. The minimum atomic E-state index is -0.811. The minimum Gasteiger partial charge on any atom is -0.481 e. The van der Waals surface area contributed by atoms with E-state index < -0.39 is 11.4 Å². The Morgan fingerprint density at radius 3 is 2.67 bits per heavy atom. The van der Waals surface area contributed by atoms with Gasteiger partial charge in [0.1, 0.15) is 0 Å². The van der Waals surface area contributed by atoms with E-state index in [2.05, 4.69) is 15.9 Å². The second-order valence-electron chi connectivity index (χ2n) is 4.08.